The quantitative estimate of drug-likeness (QED) is 0.673. The summed E-state index contributed by atoms with van der Waals surface area (Å²) < 4.78 is 60.8. The number of carboxylic acid groups (broad SMARTS) is 1. The number of aryl methyl sites for hydroxylation is 1. The van der Waals surface area contributed by atoms with Crippen molar-refractivity contribution in [2.24, 2.45) is 0 Å². The molecule has 3 aromatic rings. The van der Waals surface area contributed by atoms with Crippen molar-refractivity contribution < 1.29 is 32.2 Å². The van der Waals surface area contributed by atoms with Gasteiger partial charge in [0.05, 0.1) is 19.1 Å². The van der Waals surface area contributed by atoms with Gasteiger partial charge in [-0.05, 0) is 24.6 Å². The molecule has 1 aromatic carbocycles. The summed E-state index contributed by atoms with van der Waals surface area (Å²) in [5.74, 6) is -2.34. The van der Waals surface area contributed by atoms with Crippen molar-refractivity contribution in [1.82, 2.24) is 9.38 Å². The maximum absolute atomic E-state index is 13.7. The molecule has 0 atom stereocenters. The second kappa shape index (κ2) is 6.90. The van der Waals surface area contributed by atoms with Gasteiger partial charge >= 0.3 is 12.1 Å². The van der Waals surface area contributed by atoms with E-state index in [0.717, 1.165) is 13.2 Å². The Kier molecular flexibility index (Phi) is 4.77. The van der Waals surface area contributed by atoms with Crippen molar-refractivity contribution >= 4 is 11.6 Å². The number of pyridine rings is 1. The van der Waals surface area contributed by atoms with Crippen LogP contribution in [0.5, 0.6) is 5.75 Å². The first-order chi connectivity index (χ1) is 12.7. The summed E-state index contributed by atoms with van der Waals surface area (Å²) in [6, 6.07) is 4.22. The first-order valence-corrected chi connectivity index (χ1v) is 7.84. The molecule has 142 valence electrons. The number of aliphatic carboxylic acids is 1. The molecule has 0 saturated heterocycles. The van der Waals surface area contributed by atoms with Gasteiger partial charge in [-0.15, -0.1) is 0 Å². The van der Waals surface area contributed by atoms with Crippen LogP contribution < -0.4 is 4.74 Å². The minimum Gasteiger partial charge on any atom is -0.496 e. The van der Waals surface area contributed by atoms with Crippen LogP contribution in [-0.4, -0.2) is 27.6 Å². The number of nitrogens with zero attached hydrogens (tertiary/aromatic N) is 2. The third-order valence-electron chi connectivity index (χ3n) is 4.09. The van der Waals surface area contributed by atoms with Crippen molar-refractivity contribution in [2.45, 2.75) is 19.0 Å². The Bertz CT molecular complexity index is 1010. The summed E-state index contributed by atoms with van der Waals surface area (Å²) in [6.07, 6.45) is -1.85. The van der Waals surface area contributed by atoms with Crippen LogP contribution in [0.3, 0.4) is 0 Å². The number of fused-ring (bicyclic) bond motifs is 1. The molecule has 3 rings (SSSR count). The van der Waals surface area contributed by atoms with Gasteiger partial charge in [-0.1, -0.05) is 0 Å². The van der Waals surface area contributed by atoms with Gasteiger partial charge in [0.1, 0.15) is 17.2 Å². The molecule has 0 aliphatic heterocycles. The van der Waals surface area contributed by atoms with E-state index in [1.165, 1.54) is 28.9 Å². The molecule has 0 fully saturated rings. The van der Waals surface area contributed by atoms with E-state index in [-0.39, 0.29) is 35.4 Å². The van der Waals surface area contributed by atoms with E-state index in [1.54, 1.807) is 0 Å². The van der Waals surface area contributed by atoms with Crippen LogP contribution in [0.15, 0.2) is 36.7 Å². The average molecular weight is 382 g/mol. The molecule has 1 N–H and O–H groups in total. The number of carbonyl (C=O) groups is 1. The van der Waals surface area contributed by atoms with Gasteiger partial charge in [0.15, 0.2) is 0 Å². The summed E-state index contributed by atoms with van der Waals surface area (Å²) in [5.41, 5.74) is -0.644. The van der Waals surface area contributed by atoms with Gasteiger partial charge in [0.2, 0.25) is 0 Å². The number of halogens is 4. The fraction of sp³-hybridized carbons (Fsp3) is 0.222. The highest BCUT2D eigenvalue weighted by atomic mass is 19.4. The van der Waals surface area contributed by atoms with Crippen LogP contribution in [0.1, 0.15) is 17.7 Å². The lowest BCUT2D eigenvalue weighted by molar-refractivity contribution is -0.138. The van der Waals surface area contributed by atoms with Gasteiger partial charge in [0.25, 0.3) is 0 Å². The number of benzene rings is 1. The number of imidazole rings is 1. The number of rotatable bonds is 5. The molecular formula is C18H14F4N2O3. The largest absolute Gasteiger partial charge is 0.496 e. The van der Waals surface area contributed by atoms with Crippen LogP contribution in [-0.2, 0) is 17.4 Å². The van der Waals surface area contributed by atoms with E-state index >= 15 is 0 Å². The lowest BCUT2D eigenvalue weighted by Gasteiger charge is -2.18. The summed E-state index contributed by atoms with van der Waals surface area (Å²) in [6.45, 7) is 0. The van der Waals surface area contributed by atoms with Gasteiger partial charge in [-0.25, -0.2) is 9.37 Å². The molecule has 0 radical (unpaired) electrons. The number of hydrogen-bond donors (Lipinski definition) is 1. The highest BCUT2D eigenvalue weighted by molar-refractivity contribution is 5.84. The Morgan fingerprint density at radius 3 is 2.67 bits per heavy atom. The first-order valence-electron chi connectivity index (χ1n) is 7.84. The highest BCUT2D eigenvalue weighted by Crippen LogP contribution is 2.44. The van der Waals surface area contributed by atoms with E-state index in [0.29, 0.717) is 11.8 Å². The van der Waals surface area contributed by atoms with Crippen molar-refractivity contribution in [2.75, 3.05) is 7.11 Å². The van der Waals surface area contributed by atoms with Crippen LogP contribution in [0.25, 0.3) is 16.8 Å². The third kappa shape index (κ3) is 3.57. The lowest BCUT2D eigenvalue weighted by Crippen LogP contribution is -2.10. The van der Waals surface area contributed by atoms with Gasteiger partial charge in [-0.3, -0.25) is 4.79 Å². The maximum atomic E-state index is 13.7. The zero-order valence-electron chi connectivity index (χ0n) is 14.0. The molecule has 0 bridgehead atoms. The van der Waals surface area contributed by atoms with Crippen molar-refractivity contribution in [3.63, 3.8) is 0 Å². The van der Waals surface area contributed by atoms with Crippen molar-refractivity contribution in [1.29, 1.82) is 0 Å². The van der Waals surface area contributed by atoms with Crippen LogP contribution in [0.2, 0.25) is 0 Å². The zero-order valence-corrected chi connectivity index (χ0v) is 14.0. The molecule has 5 nitrogen and oxygen atoms in total. The van der Waals surface area contributed by atoms with E-state index < -0.39 is 23.5 Å². The number of aromatic nitrogens is 2. The molecule has 27 heavy (non-hydrogen) atoms. The van der Waals surface area contributed by atoms with Crippen molar-refractivity contribution in [3.05, 3.63) is 53.7 Å². The fourth-order valence-corrected chi connectivity index (χ4v) is 2.95. The molecular weight excluding hydrogens is 368 g/mol. The van der Waals surface area contributed by atoms with Gasteiger partial charge in [-0.2, -0.15) is 13.2 Å². The maximum Gasteiger partial charge on any atom is 0.417 e. The number of hydrogen-bond acceptors (Lipinski definition) is 3. The number of alkyl halides is 3. The second-order valence-electron chi connectivity index (χ2n) is 5.78. The summed E-state index contributed by atoms with van der Waals surface area (Å²) >= 11 is 0. The summed E-state index contributed by atoms with van der Waals surface area (Å²) in [4.78, 5) is 14.9. The second-order valence-corrected chi connectivity index (χ2v) is 5.78. The smallest absolute Gasteiger partial charge is 0.417 e. The van der Waals surface area contributed by atoms with E-state index in [4.69, 9.17) is 9.84 Å². The summed E-state index contributed by atoms with van der Waals surface area (Å²) in [5, 5.41) is 8.85. The van der Waals surface area contributed by atoms with Gasteiger partial charge < -0.3 is 14.2 Å². The topological polar surface area (TPSA) is 63.8 Å². The predicted octanol–water partition coefficient (Wildman–Crippen LogP) is 4.19. The fourth-order valence-electron chi connectivity index (χ4n) is 2.95. The monoisotopic (exact) mass is 382 g/mol. The molecule has 0 aliphatic carbocycles. The Morgan fingerprint density at radius 1 is 1.30 bits per heavy atom. The molecule has 2 heterocycles. The van der Waals surface area contributed by atoms with Crippen LogP contribution >= 0.6 is 0 Å². The molecule has 0 unspecified atom stereocenters. The SMILES string of the molecule is COc1cc(F)cc(C(F)(F)F)c1-c1ccc(CCC(=O)O)n2ccnc12. The predicted molar refractivity (Wildman–Crippen MR) is 88.1 cm³/mol. The normalized spacial score (nSPS) is 11.7. The molecule has 9 heteroatoms. The lowest BCUT2D eigenvalue weighted by atomic mass is 9.98. The molecule has 0 spiro atoms. The minimum absolute atomic E-state index is 0.100. The Labute approximate surface area is 150 Å². The van der Waals surface area contributed by atoms with E-state index in [2.05, 4.69) is 4.98 Å². The van der Waals surface area contributed by atoms with E-state index in [1.807, 2.05) is 0 Å². The van der Waals surface area contributed by atoms with Crippen LogP contribution in [0.4, 0.5) is 17.6 Å². The number of carboxylic acids is 1. The Morgan fingerprint density at radius 2 is 2.04 bits per heavy atom. The average Bonchev–Trinajstić information content (AvgIpc) is 3.08. The molecule has 2 aromatic heterocycles. The standard InChI is InChI=1S/C18H14F4N2O3/c1-27-14-9-10(19)8-13(18(20,21)22)16(14)12-4-2-11(3-5-15(25)26)24-7-6-23-17(12)24/h2,4,6-9H,3,5H2,1H3,(H,25,26). The van der Waals surface area contributed by atoms with Crippen LogP contribution in [0, 0.1) is 5.82 Å². The van der Waals surface area contributed by atoms with E-state index in [9.17, 15) is 22.4 Å². The minimum atomic E-state index is -4.81. The third-order valence-corrected chi connectivity index (χ3v) is 4.09. The highest BCUT2D eigenvalue weighted by Gasteiger charge is 2.36. The first kappa shape index (κ1) is 18.7. The Balaban J connectivity index is 2.26. The zero-order chi connectivity index (χ0) is 19.8. The molecule has 0 aliphatic rings. The molecule has 0 saturated carbocycles. The summed E-state index contributed by atoms with van der Waals surface area (Å²) in [7, 11) is 1.16. The molecule has 0 amide bonds. The Hall–Kier alpha value is -3.10. The van der Waals surface area contributed by atoms with Gasteiger partial charge in [0, 0.05) is 35.3 Å². The number of methoxy groups -OCH3 is 1. The number of ether oxygens (including phenoxy) is 1. The van der Waals surface area contributed by atoms with Crippen molar-refractivity contribution in [3.8, 4) is 16.9 Å².